The molecule has 17 rings (SSSR count). The van der Waals surface area contributed by atoms with Crippen molar-refractivity contribution < 1.29 is 0 Å². The van der Waals surface area contributed by atoms with Crippen LogP contribution in [0, 0.1) is 32.5 Å². The van der Waals surface area contributed by atoms with E-state index < -0.39 is 0 Å². The summed E-state index contributed by atoms with van der Waals surface area (Å²) in [5.74, 6) is 0. The summed E-state index contributed by atoms with van der Waals surface area (Å²) in [4.78, 5) is 5.64. The molecule has 0 N–H and O–H groups in total. The fourth-order valence-corrected chi connectivity index (χ4v) is 21.6. The van der Waals surface area contributed by atoms with Crippen LogP contribution in [0.15, 0.2) is 243 Å². The van der Waals surface area contributed by atoms with Crippen LogP contribution in [0.4, 0.5) is 34.1 Å². The Hall–Kier alpha value is -10.9. The molecule has 0 spiro atoms. The molecule has 5 heteroatoms. The number of rotatable bonds is 14. The van der Waals surface area contributed by atoms with Gasteiger partial charge in [-0.05, 0) is 318 Å². The average Bonchev–Trinajstić information content (AvgIpc) is 1.36. The van der Waals surface area contributed by atoms with Crippen LogP contribution in [0.3, 0.4) is 0 Å². The van der Waals surface area contributed by atoms with E-state index in [9.17, 15) is 0 Å². The van der Waals surface area contributed by atoms with Crippen molar-refractivity contribution in [2.24, 2.45) is 32.5 Å². The molecule has 15 aromatic rings. The molecule has 0 fully saturated rings. The minimum Gasteiger partial charge on any atom is -0.311 e. The van der Waals surface area contributed by atoms with E-state index in [1.165, 1.54) is 177 Å². The molecule has 0 radical (unpaired) electrons. The smallest absolute Gasteiger partial charge is 0.252 e. The lowest BCUT2D eigenvalue weighted by molar-refractivity contribution is 0.411. The maximum atomic E-state index is 2.82. The third-order valence-corrected chi connectivity index (χ3v) is 27.7. The van der Waals surface area contributed by atoms with Gasteiger partial charge in [0.25, 0.3) is 6.71 Å². The van der Waals surface area contributed by atoms with Gasteiger partial charge in [-0.3, -0.25) is 0 Å². The van der Waals surface area contributed by atoms with Crippen molar-refractivity contribution in [1.29, 1.82) is 0 Å². The minimum absolute atomic E-state index is 0.0671. The molecule has 133 heavy (non-hydrogen) atoms. The van der Waals surface area contributed by atoms with Crippen LogP contribution in [0.1, 0.15) is 290 Å². The molecule has 0 amide bonds. The molecular weight excluding hydrogens is 1600 g/mol. The van der Waals surface area contributed by atoms with Crippen LogP contribution < -0.4 is 26.2 Å². The van der Waals surface area contributed by atoms with E-state index in [1.54, 1.807) is 0 Å². The highest BCUT2D eigenvalue weighted by Gasteiger charge is 2.47. The van der Waals surface area contributed by atoms with Gasteiger partial charge in [0.1, 0.15) is 0 Å². The predicted octanol–water partition coefficient (Wildman–Crippen LogP) is 34.7. The van der Waals surface area contributed by atoms with Gasteiger partial charge in [0.15, 0.2) is 0 Å². The van der Waals surface area contributed by atoms with Gasteiger partial charge in [-0.1, -0.05) is 362 Å². The summed E-state index contributed by atoms with van der Waals surface area (Å²) in [5.41, 5.74) is 41.7. The first kappa shape index (κ1) is 93.9. The van der Waals surface area contributed by atoms with Crippen LogP contribution in [-0.4, -0.2) is 15.8 Å². The monoisotopic (exact) mass is 1760 g/mol. The Balaban J connectivity index is 1.08. The lowest BCUT2D eigenvalue weighted by atomic mass is 9.33. The zero-order chi connectivity index (χ0) is 95.9. The third-order valence-electron chi connectivity index (χ3n) is 27.7. The maximum Gasteiger partial charge on any atom is 0.252 e. The van der Waals surface area contributed by atoms with E-state index in [4.69, 9.17) is 0 Å². The van der Waals surface area contributed by atoms with Crippen molar-refractivity contribution in [3.63, 3.8) is 0 Å². The fraction of sp³-hybridized carbons (Fsp3) is 0.391. The Morgan fingerprint density at radius 3 is 0.729 bits per heavy atom. The largest absolute Gasteiger partial charge is 0.311 e. The third kappa shape index (κ3) is 19.2. The minimum atomic E-state index is -0.373. The van der Waals surface area contributed by atoms with E-state index in [-0.39, 0.29) is 66.3 Å². The second-order valence-electron chi connectivity index (χ2n) is 52.6. The summed E-state index contributed by atoms with van der Waals surface area (Å²) in [7, 11) is 0. The molecular formula is C128H151BN4. The number of fused-ring (bicyclic) bond motifs is 10. The predicted molar refractivity (Wildman–Crippen MR) is 583 cm³/mol. The normalized spacial score (nSPS) is 13.9. The van der Waals surface area contributed by atoms with E-state index in [1.807, 2.05) is 0 Å². The second kappa shape index (κ2) is 33.0. The summed E-state index contributed by atoms with van der Waals surface area (Å²) >= 11 is 0. The lowest BCUT2D eigenvalue weighted by Gasteiger charge is -2.46. The zero-order valence-corrected chi connectivity index (χ0v) is 87.2. The van der Waals surface area contributed by atoms with Crippen molar-refractivity contribution in [3.05, 3.63) is 304 Å². The number of aromatic nitrogens is 2. The molecule has 0 atom stereocenters. The van der Waals surface area contributed by atoms with Crippen molar-refractivity contribution in [1.82, 2.24) is 9.13 Å². The summed E-state index contributed by atoms with van der Waals surface area (Å²) in [6, 6.07) is 99.5. The highest BCUT2D eigenvalue weighted by Crippen LogP contribution is 2.55. The molecule has 4 nitrogen and oxygen atoms in total. The van der Waals surface area contributed by atoms with Crippen molar-refractivity contribution in [2.75, 3.05) is 9.80 Å². The molecule has 0 aliphatic carbocycles. The Bertz CT molecular complexity index is 6520. The van der Waals surface area contributed by atoms with E-state index in [0.717, 1.165) is 72.6 Å². The van der Waals surface area contributed by atoms with Crippen molar-refractivity contribution in [3.8, 4) is 55.9 Å². The molecule has 0 bridgehead atoms. The number of hydrogen-bond donors (Lipinski definition) is 0. The van der Waals surface area contributed by atoms with Gasteiger partial charge in [-0.15, -0.1) is 0 Å². The van der Waals surface area contributed by atoms with Crippen LogP contribution in [0.25, 0.3) is 99.5 Å². The average molecular weight is 1760 g/mol. The number of nitrogens with zero attached hydrogens (tertiary/aromatic N) is 4. The molecule has 0 saturated carbocycles. The molecule has 0 saturated heterocycles. The Kier molecular flexibility index (Phi) is 23.3. The van der Waals surface area contributed by atoms with Gasteiger partial charge in [0.2, 0.25) is 0 Å². The van der Waals surface area contributed by atoms with E-state index in [2.05, 4.69) is 490 Å². The van der Waals surface area contributed by atoms with Gasteiger partial charge < -0.3 is 18.9 Å². The van der Waals surface area contributed by atoms with E-state index >= 15 is 0 Å². The first-order valence-corrected chi connectivity index (χ1v) is 49.7. The van der Waals surface area contributed by atoms with Crippen LogP contribution in [-0.2, 0) is 65.6 Å². The van der Waals surface area contributed by atoms with Gasteiger partial charge >= 0.3 is 0 Å². The van der Waals surface area contributed by atoms with Gasteiger partial charge in [-0.25, -0.2) is 0 Å². The Labute approximate surface area is 800 Å². The van der Waals surface area contributed by atoms with Gasteiger partial charge in [-0.2, -0.15) is 0 Å². The molecule has 13 aromatic carbocycles. The first-order chi connectivity index (χ1) is 61.7. The van der Waals surface area contributed by atoms with Crippen molar-refractivity contribution in [2.45, 2.75) is 294 Å². The Morgan fingerprint density at radius 2 is 0.474 bits per heavy atom. The second-order valence-corrected chi connectivity index (χ2v) is 52.6. The van der Waals surface area contributed by atoms with Crippen LogP contribution in [0.5, 0.6) is 0 Å². The standard InChI is InChI=1S/C128H151BN4/c1-118(2,3)74-80-46-54-107-101(58-80)102-59-81(75-119(4,5)6)47-55-108(102)130(107)95-50-52-105-113(70-95)132(111-72-97(84-38-34-42-90(62-84)124(19,20)21)88(78-122(13,14)15)66-99(111)86-40-36-44-92(64-86)126(25,26)27)115-68-94(128(31,32)33)69-116-117(115)129(105)106-53-51-96(131-109-56-48-82(76-120(7,8)9)60-103(109)104-61-83(49-57-110(104)131)77-121(10,11)12)71-114(106)133(116)112-73-98(85-39-35-43-91(63-85)125(22,23)24)89(79-123(16,17)18)67-100(112)87-41-37-45-93(65-87)127(28,29)30/h34-73H,74-79H2,1-33H3. The molecule has 686 valence electrons. The molecule has 2 aliphatic rings. The van der Waals surface area contributed by atoms with Crippen LogP contribution in [0.2, 0.25) is 0 Å². The highest BCUT2D eigenvalue weighted by molar-refractivity contribution is 7.00. The quantitative estimate of drug-likeness (QED) is 0.101. The number of anilines is 6. The molecule has 0 unspecified atom stereocenters. The maximum absolute atomic E-state index is 2.82. The lowest BCUT2D eigenvalue weighted by Crippen LogP contribution is -2.61. The van der Waals surface area contributed by atoms with Gasteiger partial charge in [0, 0.05) is 66.8 Å². The summed E-state index contributed by atoms with van der Waals surface area (Å²) in [5, 5.41) is 5.17. The molecule has 2 aromatic heterocycles. The first-order valence-electron chi connectivity index (χ1n) is 49.7. The molecule has 4 heterocycles. The molecule has 2 aliphatic heterocycles. The summed E-state index contributed by atoms with van der Waals surface area (Å²) in [6.07, 6.45) is 5.62. The zero-order valence-electron chi connectivity index (χ0n) is 87.2. The van der Waals surface area contributed by atoms with Crippen molar-refractivity contribution >= 4 is 101 Å². The topological polar surface area (TPSA) is 16.3 Å². The van der Waals surface area contributed by atoms with E-state index in [0.29, 0.717) is 0 Å². The SMILES string of the molecule is CC(C)(C)Cc1ccc2c(c1)c1cc(CC(C)(C)C)ccc1n2-c1ccc2c(c1)N(c1cc(-c3cccc(C(C)(C)C)c3)c(CC(C)(C)C)cc1-c1cccc(C(C)(C)C)c1)c1cc(C(C)(C)C)cc3c1B2c1ccc(-n2c4ccc(CC(C)(C)C)cc4c4cc(CC(C)(C)C)ccc42)cc1N3c1cc(-c2cccc(C(C)(C)C)c2)c(CC(C)(C)C)cc1-c1cccc(C(C)(C)C)c1. The van der Waals surface area contributed by atoms with Crippen LogP contribution >= 0.6 is 0 Å². The number of benzene rings is 13. The Morgan fingerprint density at radius 1 is 0.211 bits per heavy atom. The fourth-order valence-electron chi connectivity index (χ4n) is 21.6. The summed E-state index contributed by atoms with van der Waals surface area (Å²) in [6.45, 7) is 78.6. The number of hydrogen-bond acceptors (Lipinski definition) is 2. The summed E-state index contributed by atoms with van der Waals surface area (Å²) < 4.78 is 5.25. The van der Waals surface area contributed by atoms with Gasteiger partial charge in [0.05, 0.1) is 33.4 Å². The highest BCUT2D eigenvalue weighted by atomic mass is 15.2.